The van der Waals surface area contributed by atoms with E-state index in [1.54, 1.807) is 24.3 Å². The minimum atomic E-state index is -5.04. The number of nitrogens with two attached hydrogens (primary N) is 1. The van der Waals surface area contributed by atoms with Gasteiger partial charge in [-0.15, -0.1) is 12.4 Å². The van der Waals surface area contributed by atoms with Gasteiger partial charge in [0.1, 0.15) is 24.2 Å². The number of benzene rings is 2. The number of carbonyl (C=O) groups excluding carboxylic acids is 2. The van der Waals surface area contributed by atoms with E-state index in [1.165, 1.54) is 26.0 Å². The molecule has 0 amide bonds. The number of alkyl halides is 3. The van der Waals surface area contributed by atoms with Crippen LogP contribution in [0.15, 0.2) is 71.1 Å². The molecule has 2 aromatic carbocycles. The van der Waals surface area contributed by atoms with Crippen molar-refractivity contribution in [3.8, 4) is 5.75 Å². The Hall–Kier alpha value is -4.14. The first-order valence-electron chi connectivity index (χ1n) is 14.7. The lowest BCUT2D eigenvalue weighted by atomic mass is 9.80. The van der Waals surface area contributed by atoms with Crippen LogP contribution >= 0.6 is 12.4 Å². The van der Waals surface area contributed by atoms with Crippen LogP contribution in [0.5, 0.6) is 5.75 Å². The average Bonchev–Trinajstić information content (AvgIpc) is 3.01. The van der Waals surface area contributed by atoms with Crippen LogP contribution in [0.25, 0.3) is 0 Å². The minimum Gasteiger partial charge on any atom is -0.491 e. The topological polar surface area (TPSA) is 163 Å². The fraction of sp³-hybridized carbons (Fsp3) is 0.438. The molecule has 0 saturated carbocycles. The molecule has 0 fully saturated rings. The van der Waals surface area contributed by atoms with Crippen LogP contribution in [0.4, 0.5) is 18.9 Å². The van der Waals surface area contributed by atoms with Crippen LogP contribution < -0.4 is 15.8 Å². The molecule has 0 spiro atoms. The van der Waals surface area contributed by atoms with Crippen LogP contribution in [0.1, 0.15) is 51.2 Å². The zero-order chi connectivity index (χ0) is 34.2. The lowest BCUT2D eigenvalue weighted by molar-refractivity contribution is -0.384. The molecule has 0 bridgehead atoms. The van der Waals surface area contributed by atoms with Crippen molar-refractivity contribution < 1.29 is 47.0 Å². The van der Waals surface area contributed by atoms with Crippen molar-refractivity contribution in [2.45, 2.75) is 64.8 Å². The Morgan fingerprint density at radius 3 is 2.30 bits per heavy atom. The molecule has 0 aromatic heterocycles. The molecule has 11 nitrogen and oxygen atoms in total. The molecular weight excluding hydrogens is 647 g/mol. The summed E-state index contributed by atoms with van der Waals surface area (Å²) in [6.45, 7) is 6.12. The van der Waals surface area contributed by atoms with E-state index < -0.39 is 58.1 Å². The molecule has 3 rings (SSSR count). The summed E-state index contributed by atoms with van der Waals surface area (Å²) in [4.78, 5) is 37.1. The molecule has 1 aliphatic rings. The molecule has 4 N–H and O–H groups in total. The number of halogens is 4. The number of aliphatic hydroxyl groups excluding tert-OH is 1. The number of nitro groups is 1. The highest BCUT2D eigenvalue weighted by molar-refractivity contribution is 6.00. The molecule has 1 heterocycles. The molecule has 47 heavy (non-hydrogen) atoms. The van der Waals surface area contributed by atoms with Crippen molar-refractivity contribution in [3.63, 3.8) is 0 Å². The number of esters is 2. The first-order chi connectivity index (χ1) is 21.6. The summed E-state index contributed by atoms with van der Waals surface area (Å²) < 4.78 is 58.5. The van der Waals surface area contributed by atoms with Crippen LogP contribution in [0, 0.1) is 16.0 Å². The number of aliphatic hydroxyl groups is 1. The summed E-state index contributed by atoms with van der Waals surface area (Å²) >= 11 is 0. The lowest BCUT2D eigenvalue weighted by Gasteiger charge is -2.32. The number of ether oxygens (including phenoxy) is 3. The van der Waals surface area contributed by atoms with E-state index in [1.807, 2.05) is 13.8 Å². The fourth-order valence-corrected chi connectivity index (χ4v) is 4.91. The third-order valence-electron chi connectivity index (χ3n) is 7.38. The molecule has 3 atom stereocenters. The summed E-state index contributed by atoms with van der Waals surface area (Å²) in [6.07, 6.45) is -5.04. The summed E-state index contributed by atoms with van der Waals surface area (Å²) in [5, 5.41) is 23.7. The van der Waals surface area contributed by atoms with Crippen LogP contribution in [-0.2, 0) is 25.5 Å². The Balaban J connectivity index is 0.00000768. The second-order valence-electron chi connectivity index (χ2n) is 11.0. The highest BCUT2D eigenvalue weighted by Crippen LogP contribution is 2.44. The number of nitrogens with one attached hydrogen (secondary N) is 1. The maximum atomic E-state index is 14.2. The number of rotatable bonds is 14. The van der Waals surface area contributed by atoms with Gasteiger partial charge in [0.15, 0.2) is 0 Å². The summed E-state index contributed by atoms with van der Waals surface area (Å²) in [5.41, 5.74) is 3.42. The van der Waals surface area contributed by atoms with Crippen LogP contribution in [-0.4, -0.2) is 60.1 Å². The third-order valence-corrected chi connectivity index (χ3v) is 7.38. The van der Waals surface area contributed by atoms with Gasteiger partial charge in [-0.1, -0.05) is 38.1 Å². The van der Waals surface area contributed by atoms with Gasteiger partial charge in [-0.25, -0.2) is 9.59 Å². The highest BCUT2D eigenvalue weighted by Gasteiger charge is 2.47. The lowest BCUT2D eigenvalue weighted by Crippen LogP contribution is -2.42. The van der Waals surface area contributed by atoms with Gasteiger partial charge < -0.3 is 30.4 Å². The van der Waals surface area contributed by atoms with Crippen LogP contribution in [0.2, 0.25) is 0 Å². The molecule has 0 radical (unpaired) electrons. The number of nitro benzene ring substituents is 1. The van der Waals surface area contributed by atoms with Gasteiger partial charge in [0, 0.05) is 23.9 Å². The standard InChI is InChI=1S/C32H38F3N3O8.ClH/c1-5-44-31(41)27-26(21-9-6-10-22(16-21)38(42)43)25(19(4)37-29(27)32(33,34)35)30(40)45-15-7-8-20-11-13-23(14-12-20)46-17-24(39)28(36)18(2)3;/h6,9-14,16,18,24,26,28,37,39H,5,7-8,15,17,36H2,1-4H3;1H. The number of aryl methyl sites for hydroxylation is 1. The number of hydrogen-bond acceptors (Lipinski definition) is 10. The van der Waals surface area contributed by atoms with Gasteiger partial charge in [0.2, 0.25) is 0 Å². The molecular formula is C32H39ClF3N3O8. The molecule has 15 heteroatoms. The Kier molecular flexibility index (Phi) is 14.2. The summed E-state index contributed by atoms with van der Waals surface area (Å²) in [7, 11) is 0. The summed E-state index contributed by atoms with van der Waals surface area (Å²) in [5.74, 6) is -3.37. The van der Waals surface area contributed by atoms with Crippen molar-refractivity contribution in [3.05, 3.63) is 92.3 Å². The largest absolute Gasteiger partial charge is 0.491 e. The molecule has 3 unspecified atom stereocenters. The maximum Gasteiger partial charge on any atom is 0.431 e. The Bertz CT molecular complexity index is 1480. The van der Waals surface area contributed by atoms with Crippen molar-refractivity contribution in [1.82, 2.24) is 5.32 Å². The number of nitrogens with zero attached hydrogens (tertiary/aromatic N) is 1. The zero-order valence-electron chi connectivity index (χ0n) is 26.3. The number of dihydropyridines is 1. The smallest absolute Gasteiger partial charge is 0.431 e. The van der Waals surface area contributed by atoms with E-state index in [-0.39, 0.29) is 55.0 Å². The van der Waals surface area contributed by atoms with Gasteiger partial charge >= 0.3 is 18.1 Å². The molecule has 0 saturated heterocycles. The zero-order valence-corrected chi connectivity index (χ0v) is 27.2. The summed E-state index contributed by atoms with van der Waals surface area (Å²) in [6, 6.07) is 11.3. The average molecular weight is 686 g/mol. The molecule has 1 aliphatic heterocycles. The predicted molar refractivity (Wildman–Crippen MR) is 169 cm³/mol. The van der Waals surface area contributed by atoms with Gasteiger partial charge in [0.05, 0.1) is 35.2 Å². The van der Waals surface area contributed by atoms with Gasteiger partial charge in [-0.3, -0.25) is 10.1 Å². The second-order valence-corrected chi connectivity index (χ2v) is 11.0. The van der Waals surface area contributed by atoms with E-state index in [9.17, 15) is 38.0 Å². The van der Waals surface area contributed by atoms with Gasteiger partial charge in [0.25, 0.3) is 5.69 Å². The van der Waals surface area contributed by atoms with E-state index in [0.29, 0.717) is 18.6 Å². The Morgan fingerprint density at radius 1 is 1.09 bits per heavy atom. The van der Waals surface area contributed by atoms with E-state index >= 15 is 0 Å². The van der Waals surface area contributed by atoms with Crippen molar-refractivity contribution in [2.75, 3.05) is 19.8 Å². The second kappa shape index (κ2) is 17.1. The monoisotopic (exact) mass is 685 g/mol. The predicted octanol–water partition coefficient (Wildman–Crippen LogP) is 5.26. The van der Waals surface area contributed by atoms with Crippen LogP contribution in [0.3, 0.4) is 0 Å². The Labute approximate surface area is 276 Å². The molecule has 0 aliphatic carbocycles. The minimum absolute atomic E-state index is 0. The molecule has 258 valence electrons. The van der Waals surface area contributed by atoms with Crippen molar-refractivity contribution in [1.29, 1.82) is 0 Å². The first kappa shape index (κ1) is 39.0. The molecule has 2 aromatic rings. The SMILES string of the molecule is CCOC(=O)C1=C(C(F)(F)F)NC(C)=C(C(=O)OCCCc2ccc(OCC(O)C(N)C(C)C)cc2)C1c1cccc([N+](=O)[O-])c1.Cl. The number of allylic oxidation sites excluding steroid dienone is 2. The number of carbonyl (C=O) groups is 2. The third kappa shape index (κ3) is 10.2. The normalized spacial score (nSPS) is 16.2. The van der Waals surface area contributed by atoms with E-state index in [2.05, 4.69) is 5.32 Å². The Morgan fingerprint density at radius 2 is 1.72 bits per heavy atom. The highest BCUT2D eigenvalue weighted by atomic mass is 35.5. The van der Waals surface area contributed by atoms with Gasteiger partial charge in [-0.05, 0) is 55.9 Å². The van der Waals surface area contributed by atoms with Crippen molar-refractivity contribution in [2.24, 2.45) is 11.7 Å². The first-order valence-corrected chi connectivity index (χ1v) is 14.7. The van der Waals surface area contributed by atoms with E-state index in [0.717, 1.165) is 17.7 Å². The van der Waals surface area contributed by atoms with Gasteiger partial charge in [-0.2, -0.15) is 13.2 Å². The fourth-order valence-electron chi connectivity index (χ4n) is 4.91. The van der Waals surface area contributed by atoms with Crippen molar-refractivity contribution >= 4 is 30.0 Å². The maximum absolute atomic E-state index is 14.2. The number of hydrogen-bond donors (Lipinski definition) is 3. The van der Waals surface area contributed by atoms with E-state index in [4.69, 9.17) is 19.9 Å². The quantitative estimate of drug-likeness (QED) is 0.104. The number of non-ortho nitro benzene ring substituents is 1.